The number of quaternary nitrogens is 1. The lowest BCUT2D eigenvalue weighted by molar-refractivity contribution is -0.708. The van der Waals surface area contributed by atoms with E-state index in [0.29, 0.717) is 12.1 Å². The minimum absolute atomic E-state index is 0.302. The van der Waals surface area contributed by atoms with E-state index in [1.54, 1.807) is 23.7 Å². The third-order valence-electron chi connectivity index (χ3n) is 3.81. The van der Waals surface area contributed by atoms with Crippen LogP contribution in [0.2, 0.25) is 0 Å². The number of hydrogen-bond acceptors (Lipinski definition) is 2. The molecular weight excluding hydrogens is 383 g/mol. The Morgan fingerprint density at radius 2 is 1.84 bits per heavy atom. The van der Waals surface area contributed by atoms with Crippen molar-refractivity contribution in [1.29, 1.82) is 0 Å². The standard InChI is InChI=1S/C18H15Cl3N2O2/c19-18(20,21)17(22-11-13-7-4-10-25-13)23-16(24)15-9-3-6-12-5-1-2-8-14(12)15/h1-10,17,22H,11H2,(H,23,24)/p+1. The smallest absolute Gasteiger partial charge is 0.262 e. The fourth-order valence-corrected chi connectivity index (χ4v) is 3.01. The summed E-state index contributed by atoms with van der Waals surface area (Å²) in [6.07, 6.45) is 0.802. The number of nitrogens with two attached hydrogens (primary N) is 1. The maximum Gasteiger partial charge on any atom is 0.262 e. The van der Waals surface area contributed by atoms with Gasteiger partial charge in [0.15, 0.2) is 5.76 Å². The molecule has 7 heteroatoms. The molecule has 1 aromatic heterocycles. The minimum atomic E-state index is -1.67. The topological polar surface area (TPSA) is 58.9 Å². The van der Waals surface area contributed by atoms with Gasteiger partial charge in [0, 0.05) is 5.56 Å². The molecule has 3 N–H and O–H groups in total. The summed E-state index contributed by atoms with van der Waals surface area (Å²) in [5, 5.41) is 6.33. The number of hydrogen-bond donors (Lipinski definition) is 2. The fraction of sp³-hybridized carbons (Fsp3) is 0.167. The summed E-state index contributed by atoms with van der Waals surface area (Å²) >= 11 is 18.1. The summed E-state index contributed by atoms with van der Waals surface area (Å²) in [5.41, 5.74) is 0.531. The van der Waals surface area contributed by atoms with Crippen molar-refractivity contribution in [2.75, 3.05) is 0 Å². The van der Waals surface area contributed by atoms with Gasteiger partial charge in [0.2, 0.25) is 6.17 Å². The number of nitrogens with one attached hydrogen (secondary N) is 1. The molecule has 0 spiro atoms. The van der Waals surface area contributed by atoms with Crippen LogP contribution in [0.15, 0.2) is 65.3 Å². The highest BCUT2D eigenvalue weighted by molar-refractivity contribution is 6.68. The van der Waals surface area contributed by atoms with Gasteiger partial charge in [-0.25, -0.2) is 0 Å². The van der Waals surface area contributed by atoms with Gasteiger partial charge >= 0.3 is 0 Å². The van der Waals surface area contributed by atoms with Gasteiger partial charge in [-0.1, -0.05) is 71.2 Å². The molecule has 3 aromatic rings. The van der Waals surface area contributed by atoms with E-state index in [-0.39, 0.29) is 5.91 Å². The first-order chi connectivity index (χ1) is 11.9. The Morgan fingerprint density at radius 3 is 2.56 bits per heavy atom. The number of carbonyl (C=O) groups excluding carboxylic acids is 1. The third-order valence-corrected chi connectivity index (χ3v) is 4.51. The van der Waals surface area contributed by atoms with Crippen LogP contribution < -0.4 is 10.6 Å². The van der Waals surface area contributed by atoms with E-state index in [1.165, 1.54) is 0 Å². The van der Waals surface area contributed by atoms with Gasteiger partial charge < -0.3 is 9.73 Å². The van der Waals surface area contributed by atoms with Crippen LogP contribution in [-0.4, -0.2) is 15.9 Å². The number of furan rings is 1. The highest BCUT2D eigenvalue weighted by atomic mass is 35.6. The fourth-order valence-electron chi connectivity index (χ4n) is 2.58. The Kier molecular flexibility index (Phi) is 5.54. The first-order valence-corrected chi connectivity index (χ1v) is 8.79. The van der Waals surface area contributed by atoms with Crippen molar-refractivity contribution in [3.63, 3.8) is 0 Å². The van der Waals surface area contributed by atoms with E-state index in [4.69, 9.17) is 39.2 Å². The quantitative estimate of drug-likeness (QED) is 0.509. The summed E-state index contributed by atoms with van der Waals surface area (Å²) in [5.74, 6) is 0.419. The zero-order valence-electron chi connectivity index (χ0n) is 13.1. The second-order valence-corrected chi connectivity index (χ2v) is 7.91. The number of fused-ring (bicyclic) bond motifs is 1. The van der Waals surface area contributed by atoms with Crippen molar-refractivity contribution in [2.45, 2.75) is 16.5 Å². The van der Waals surface area contributed by atoms with Crippen LogP contribution in [0.4, 0.5) is 0 Å². The molecule has 4 nitrogen and oxygen atoms in total. The van der Waals surface area contributed by atoms with E-state index in [9.17, 15) is 4.79 Å². The molecule has 25 heavy (non-hydrogen) atoms. The molecule has 0 radical (unpaired) electrons. The van der Waals surface area contributed by atoms with Crippen LogP contribution in [-0.2, 0) is 6.54 Å². The molecule has 2 aromatic carbocycles. The van der Waals surface area contributed by atoms with Crippen LogP contribution in [0, 0.1) is 0 Å². The summed E-state index contributed by atoms with van der Waals surface area (Å²) in [6.45, 7) is 0.432. The average Bonchev–Trinajstić information content (AvgIpc) is 3.10. The van der Waals surface area contributed by atoms with Gasteiger partial charge in [-0.15, -0.1) is 0 Å². The SMILES string of the molecule is O=C(NC([NH2+]Cc1ccco1)C(Cl)(Cl)Cl)c1cccc2ccccc12. The molecule has 0 bridgehead atoms. The number of benzene rings is 2. The molecule has 0 aliphatic heterocycles. The predicted octanol–water partition coefficient (Wildman–Crippen LogP) is 3.62. The number of alkyl halides is 3. The van der Waals surface area contributed by atoms with E-state index >= 15 is 0 Å². The lowest BCUT2D eigenvalue weighted by Gasteiger charge is -2.23. The monoisotopic (exact) mass is 397 g/mol. The maximum absolute atomic E-state index is 12.7. The van der Waals surface area contributed by atoms with Crippen molar-refractivity contribution in [3.05, 3.63) is 72.2 Å². The van der Waals surface area contributed by atoms with E-state index in [1.807, 2.05) is 42.5 Å². The number of amides is 1. The Hall–Kier alpha value is -1.72. The normalized spacial score (nSPS) is 12.9. The lowest BCUT2D eigenvalue weighted by atomic mass is 10.0. The van der Waals surface area contributed by atoms with Crippen LogP contribution in [0.3, 0.4) is 0 Å². The van der Waals surface area contributed by atoms with Gasteiger partial charge in [0.1, 0.15) is 6.54 Å². The zero-order chi connectivity index (χ0) is 17.9. The van der Waals surface area contributed by atoms with E-state index in [2.05, 4.69) is 5.32 Å². The Labute approximate surface area is 160 Å². The molecule has 1 unspecified atom stereocenters. The average molecular weight is 399 g/mol. The maximum atomic E-state index is 12.7. The van der Waals surface area contributed by atoms with Crippen molar-refractivity contribution in [1.82, 2.24) is 5.32 Å². The molecule has 130 valence electrons. The molecule has 1 heterocycles. The molecule has 0 fully saturated rings. The van der Waals surface area contributed by atoms with Crippen molar-refractivity contribution >= 4 is 51.5 Å². The molecule has 3 rings (SSSR count). The summed E-state index contributed by atoms with van der Waals surface area (Å²) < 4.78 is 3.60. The van der Waals surface area contributed by atoms with Crippen LogP contribution in [0.5, 0.6) is 0 Å². The van der Waals surface area contributed by atoms with E-state index < -0.39 is 9.96 Å². The molecule has 1 atom stereocenters. The van der Waals surface area contributed by atoms with Crippen molar-refractivity contribution in [2.24, 2.45) is 0 Å². The second-order valence-electron chi connectivity index (χ2n) is 5.54. The van der Waals surface area contributed by atoms with Gasteiger partial charge in [-0.2, -0.15) is 0 Å². The van der Waals surface area contributed by atoms with Crippen LogP contribution >= 0.6 is 34.8 Å². The predicted molar refractivity (Wildman–Crippen MR) is 99.8 cm³/mol. The molecule has 0 aliphatic carbocycles. The lowest BCUT2D eigenvalue weighted by Crippen LogP contribution is -2.95. The van der Waals surface area contributed by atoms with Gasteiger partial charge in [0.25, 0.3) is 9.70 Å². The minimum Gasteiger partial charge on any atom is -0.463 e. The number of carbonyl (C=O) groups is 1. The van der Waals surface area contributed by atoms with Gasteiger partial charge in [0.05, 0.1) is 6.26 Å². The van der Waals surface area contributed by atoms with Gasteiger partial charge in [-0.3, -0.25) is 10.1 Å². The number of halogens is 3. The Morgan fingerprint density at radius 1 is 1.08 bits per heavy atom. The van der Waals surface area contributed by atoms with Crippen LogP contribution in [0.25, 0.3) is 10.8 Å². The molecule has 0 aliphatic rings. The van der Waals surface area contributed by atoms with Crippen molar-refractivity contribution in [3.8, 4) is 0 Å². The second kappa shape index (κ2) is 7.67. The third kappa shape index (κ3) is 4.47. The Bertz CT molecular complexity index is 855. The molecular formula is C18H16Cl3N2O2+. The molecule has 1 amide bonds. The summed E-state index contributed by atoms with van der Waals surface area (Å²) in [7, 11) is 0. The van der Waals surface area contributed by atoms with Crippen molar-refractivity contribution < 1.29 is 14.5 Å². The Balaban J connectivity index is 1.79. The highest BCUT2D eigenvalue weighted by Crippen LogP contribution is 2.28. The summed E-state index contributed by atoms with van der Waals surface area (Å²) in [4.78, 5) is 12.7. The molecule has 0 saturated carbocycles. The zero-order valence-corrected chi connectivity index (χ0v) is 15.4. The first kappa shape index (κ1) is 18.1. The van der Waals surface area contributed by atoms with E-state index in [0.717, 1.165) is 16.5 Å². The first-order valence-electron chi connectivity index (χ1n) is 7.66. The number of rotatable bonds is 5. The van der Waals surface area contributed by atoms with Gasteiger partial charge in [-0.05, 0) is 29.0 Å². The van der Waals surface area contributed by atoms with Crippen LogP contribution in [0.1, 0.15) is 16.1 Å². The molecule has 0 saturated heterocycles. The largest absolute Gasteiger partial charge is 0.463 e. The highest BCUT2D eigenvalue weighted by Gasteiger charge is 2.37. The summed E-state index contributed by atoms with van der Waals surface area (Å²) in [6, 6.07) is 16.8.